The van der Waals surface area contributed by atoms with E-state index >= 15 is 0 Å². The van der Waals surface area contributed by atoms with E-state index in [2.05, 4.69) is 45.9 Å². The van der Waals surface area contributed by atoms with Gasteiger partial charge in [0.2, 0.25) is 0 Å². The molecule has 0 rings (SSSR count). The Morgan fingerprint density at radius 1 is 1.27 bits per heavy atom. The predicted octanol–water partition coefficient (Wildman–Crippen LogP) is 3.95. The highest BCUT2D eigenvalue weighted by Crippen LogP contribution is 2.04. The lowest BCUT2D eigenvalue weighted by molar-refractivity contribution is 0.663. The van der Waals surface area contributed by atoms with E-state index in [0.717, 1.165) is 12.3 Å². The van der Waals surface area contributed by atoms with Crippen LogP contribution in [0.5, 0.6) is 0 Å². The molecule has 64 valence electrons. The third-order valence-corrected chi connectivity index (χ3v) is 1.71. The molecule has 11 heavy (non-hydrogen) atoms. The SMILES string of the molecule is C/C=C(/C)C/C=C\CC(C)C. The third-order valence-electron chi connectivity index (χ3n) is 1.71. The van der Waals surface area contributed by atoms with Crippen molar-refractivity contribution in [3.63, 3.8) is 0 Å². The van der Waals surface area contributed by atoms with E-state index in [9.17, 15) is 0 Å². The molecule has 0 saturated heterocycles. The van der Waals surface area contributed by atoms with Crippen LogP contribution in [-0.2, 0) is 0 Å². The lowest BCUT2D eigenvalue weighted by Crippen LogP contribution is -1.81. The van der Waals surface area contributed by atoms with Crippen LogP contribution in [0.4, 0.5) is 0 Å². The van der Waals surface area contributed by atoms with Crippen molar-refractivity contribution in [2.45, 2.75) is 40.5 Å². The quantitative estimate of drug-likeness (QED) is 0.535. The summed E-state index contributed by atoms with van der Waals surface area (Å²) < 4.78 is 0. The van der Waals surface area contributed by atoms with Crippen LogP contribution in [0.15, 0.2) is 23.8 Å². The van der Waals surface area contributed by atoms with Crippen LogP contribution < -0.4 is 0 Å². The molecule has 0 heteroatoms. The molecule has 0 aliphatic rings. The van der Waals surface area contributed by atoms with Gasteiger partial charge in [-0.1, -0.05) is 37.6 Å². The molecule has 0 nitrogen and oxygen atoms in total. The highest BCUT2D eigenvalue weighted by Gasteiger charge is 1.87. The summed E-state index contributed by atoms with van der Waals surface area (Å²) in [7, 11) is 0. The molecule has 0 aliphatic heterocycles. The average Bonchev–Trinajstić information content (AvgIpc) is 1.97. The first kappa shape index (κ1) is 10.5. The Morgan fingerprint density at radius 2 is 1.91 bits per heavy atom. The van der Waals surface area contributed by atoms with Gasteiger partial charge in [0.05, 0.1) is 0 Å². The van der Waals surface area contributed by atoms with E-state index in [4.69, 9.17) is 0 Å². The fourth-order valence-electron chi connectivity index (χ4n) is 0.755. The zero-order valence-electron chi connectivity index (χ0n) is 8.22. The molecular formula is C11H20. The zero-order valence-corrected chi connectivity index (χ0v) is 8.22. The Labute approximate surface area is 71.0 Å². The Bertz CT molecular complexity index is 138. The normalized spacial score (nSPS) is 13.4. The minimum absolute atomic E-state index is 0.789. The summed E-state index contributed by atoms with van der Waals surface area (Å²) >= 11 is 0. The lowest BCUT2D eigenvalue weighted by atomic mass is 10.1. The van der Waals surface area contributed by atoms with Crippen LogP contribution in [0.25, 0.3) is 0 Å². The summed E-state index contributed by atoms with van der Waals surface area (Å²) in [5, 5.41) is 0. The lowest BCUT2D eigenvalue weighted by Gasteiger charge is -1.96. The van der Waals surface area contributed by atoms with Gasteiger partial charge in [-0.25, -0.2) is 0 Å². The fraction of sp³-hybridized carbons (Fsp3) is 0.636. The molecule has 0 N–H and O–H groups in total. The van der Waals surface area contributed by atoms with Crippen LogP contribution >= 0.6 is 0 Å². The molecule has 0 unspecified atom stereocenters. The average molecular weight is 152 g/mol. The molecule has 0 saturated carbocycles. The van der Waals surface area contributed by atoms with Gasteiger partial charge in [-0.15, -0.1) is 0 Å². The molecule has 0 fully saturated rings. The largest absolute Gasteiger partial charge is 0.0884 e. The second-order valence-electron chi connectivity index (χ2n) is 3.44. The van der Waals surface area contributed by atoms with Crippen molar-refractivity contribution in [3.8, 4) is 0 Å². The molecule has 0 spiro atoms. The summed E-state index contributed by atoms with van der Waals surface area (Å²) in [4.78, 5) is 0. The molecule has 0 bridgehead atoms. The Hall–Kier alpha value is -0.520. The van der Waals surface area contributed by atoms with E-state index < -0.39 is 0 Å². The first-order chi connectivity index (χ1) is 5.16. The van der Waals surface area contributed by atoms with Crippen molar-refractivity contribution in [1.29, 1.82) is 0 Å². The molecule has 0 amide bonds. The highest BCUT2D eigenvalue weighted by atomic mass is 13.9. The summed E-state index contributed by atoms with van der Waals surface area (Å²) in [6, 6.07) is 0. The molecule has 0 aromatic carbocycles. The molecule has 0 radical (unpaired) electrons. The maximum Gasteiger partial charge on any atom is -0.0142 e. The Morgan fingerprint density at radius 3 is 2.36 bits per heavy atom. The zero-order chi connectivity index (χ0) is 8.69. The number of hydrogen-bond donors (Lipinski definition) is 0. The van der Waals surface area contributed by atoms with E-state index in [0.29, 0.717) is 0 Å². The molecule has 0 aliphatic carbocycles. The van der Waals surface area contributed by atoms with Gasteiger partial charge < -0.3 is 0 Å². The Kier molecular flexibility index (Phi) is 5.91. The summed E-state index contributed by atoms with van der Waals surface area (Å²) in [6.45, 7) is 8.74. The van der Waals surface area contributed by atoms with Crippen molar-refractivity contribution in [3.05, 3.63) is 23.8 Å². The van der Waals surface area contributed by atoms with Gasteiger partial charge in [-0.2, -0.15) is 0 Å². The summed E-state index contributed by atoms with van der Waals surface area (Å²) in [5.74, 6) is 0.789. The number of hydrogen-bond acceptors (Lipinski definition) is 0. The van der Waals surface area contributed by atoms with Gasteiger partial charge in [-0.05, 0) is 32.6 Å². The standard InChI is InChI=1S/C11H20/c1-5-11(4)9-7-6-8-10(2)3/h5-7,10H,8-9H2,1-4H3/b7-6-,11-5-. The second-order valence-corrected chi connectivity index (χ2v) is 3.44. The van der Waals surface area contributed by atoms with Gasteiger partial charge in [0.25, 0.3) is 0 Å². The first-order valence-corrected chi connectivity index (χ1v) is 4.43. The van der Waals surface area contributed by atoms with Crippen molar-refractivity contribution >= 4 is 0 Å². The molecule has 0 heterocycles. The molecule has 0 atom stereocenters. The highest BCUT2D eigenvalue weighted by molar-refractivity contribution is 5.02. The monoisotopic (exact) mass is 152 g/mol. The molecule has 0 aromatic rings. The second kappa shape index (κ2) is 6.21. The van der Waals surface area contributed by atoms with Gasteiger partial charge in [-0.3, -0.25) is 0 Å². The molecular weight excluding hydrogens is 132 g/mol. The first-order valence-electron chi connectivity index (χ1n) is 4.43. The number of rotatable bonds is 4. The van der Waals surface area contributed by atoms with E-state index in [1.54, 1.807) is 0 Å². The van der Waals surface area contributed by atoms with Gasteiger partial charge in [0.15, 0.2) is 0 Å². The molecule has 0 aromatic heterocycles. The van der Waals surface area contributed by atoms with Gasteiger partial charge in [0, 0.05) is 0 Å². The smallest absolute Gasteiger partial charge is 0.0142 e. The number of allylic oxidation sites excluding steroid dienone is 4. The van der Waals surface area contributed by atoms with Crippen molar-refractivity contribution in [2.75, 3.05) is 0 Å². The summed E-state index contributed by atoms with van der Waals surface area (Å²) in [6.07, 6.45) is 9.02. The van der Waals surface area contributed by atoms with Crippen LogP contribution in [0.2, 0.25) is 0 Å². The van der Waals surface area contributed by atoms with Crippen LogP contribution in [-0.4, -0.2) is 0 Å². The minimum Gasteiger partial charge on any atom is -0.0884 e. The van der Waals surface area contributed by atoms with E-state index in [1.165, 1.54) is 12.0 Å². The maximum absolute atomic E-state index is 2.28. The maximum atomic E-state index is 2.28. The van der Waals surface area contributed by atoms with Crippen molar-refractivity contribution in [2.24, 2.45) is 5.92 Å². The minimum atomic E-state index is 0.789. The van der Waals surface area contributed by atoms with E-state index in [-0.39, 0.29) is 0 Å². The summed E-state index contributed by atoms with van der Waals surface area (Å²) in [5.41, 5.74) is 1.45. The van der Waals surface area contributed by atoms with Crippen LogP contribution in [0.1, 0.15) is 40.5 Å². The fourth-order valence-corrected chi connectivity index (χ4v) is 0.755. The van der Waals surface area contributed by atoms with Gasteiger partial charge >= 0.3 is 0 Å². The van der Waals surface area contributed by atoms with E-state index in [1.807, 2.05) is 0 Å². The predicted molar refractivity (Wildman–Crippen MR) is 52.6 cm³/mol. The third kappa shape index (κ3) is 7.38. The van der Waals surface area contributed by atoms with Crippen molar-refractivity contribution in [1.82, 2.24) is 0 Å². The van der Waals surface area contributed by atoms with Crippen LogP contribution in [0, 0.1) is 5.92 Å². The van der Waals surface area contributed by atoms with Crippen LogP contribution in [0.3, 0.4) is 0 Å². The topological polar surface area (TPSA) is 0 Å². The van der Waals surface area contributed by atoms with Crippen molar-refractivity contribution < 1.29 is 0 Å². The van der Waals surface area contributed by atoms with Gasteiger partial charge in [0.1, 0.15) is 0 Å². The Balaban J connectivity index is 3.45.